The number of benzene rings is 1. The SMILES string of the molecule is CCn1nc(C(=O)Nc2nc(-c3cc4cc(OC)ccc4o3)cs2)cc1C. The largest absolute Gasteiger partial charge is 0.497 e. The molecular formula is C19H18N4O3S. The van der Waals surface area contributed by atoms with E-state index in [0.717, 1.165) is 29.0 Å². The van der Waals surface area contributed by atoms with Gasteiger partial charge in [0.25, 0.3) is 5.91 Å². The van der Waals surface area contributed by atoms with Gasteiger partial charge in [-0.3, -0.25) is 14.8 Å². The predicted octanol–water partition coefficient (Wildman–Crippen LogP) is 4.34. The van der Waals surface area contributed by atoms with Crippen LogP contribution in [-0.2, 0) is 6.54 Å². The van der Waals surface area contributed by atoms with Gasteiger partial charge in [-0.25, -0.2) is 4.98 Å². The Kier molecular flexibility index (Phi) is 4.41. The molecule has 138 valence electrons. The summed E-state index contributed by atoms with van der Waals surface area (Å²) in [5.74, 6) is 1.13. The Morgan fingerprint density at radius 3 is 2.93 bits per heavy atom. The van der Waals surface area contributed by atoms with E-state index in [2.05, 4.69) is 15.4 Å². The third-order valence-electron chi connectivity index (χ3n) is 4.21. The third kappa shape index (κ3) is 3.31. The maximum atomic E-state index is 12.4. The van der Waals surface area contributed by atoms with Crippen molar-refractivity contribution in [2.75, 3.05) is 12.4 Å². The van der Waals surface area contributed by atoms with Crippen molar-refractivity contribution in [3.8, 4) is 17.2 Å². The first-order valence-corrected chi connectivity index (χ1v) is 9.34. The molecule has 0 saturated carbocycles. The lowest BCUT2D eigenvalue weighted by Crippen LogP contribution is -2.13. The normalized spacial score (nSPS) is 11.1. The highest BCUT2D eigenvalue weighted by molar-refractivity contribution is 7.14. The van der Waals surface area contributed by atoms with Crippen LogP contribution in [0, 0.1) is 6.92 Å². The zero-order valence-electron chi connectivity index (χ0n) is 15.1. The van der Waals surface area contributed by atoms with Crippen LogP contribution in [-0.4, -0.2) is 27.8 Å². The lowest BCUT2D eigenvalue weighted by Gasteiger charge is -1.98. The molecule has 0 aliphatic carbocycles. The first-order valence-electron chi connectivity index (χ1n) is 8.46. The number of carbonyl (C=O) groups is 1. The van der Waals surface area contributed by atoms with Gasteiger partial charge in [0, 0.05) is 23.0 Å². The molecule has 3 aromatic heterocycles. The van der Waals surface area contributed by atoms with Gasteiger partial charge < -0.3 is 9.15 Å². The summed E-state index contributed by atoms with van der Waals surface area (Å²) in [5, 5.41) is 10.4. The van der Waals surface area contributed by atoms with Gasteiger partial charge in [0.1, 0.15) is 17.0 Å². The van der Waals surface area contributed by atoms with Crippen molar-refractivity contribution < 1.29 is 13.9 Å². The molecule has 0 atom stereocenters. The third-order valence-corrected chi connectivity index (χ3v) is 4.97. The van der Waals surface area contributed by atoms with Crippen LogP contribution in [0.4, 0.5) is 5.13 Å². The number of hydrogen-bond donors (Lipinski definition) is 1. The molecule has 1 N–H and O–H groups in total. The van der Waals surface area contributed by atoms with E-state index in [0.29, 0.717) is 22.3 Å². The average Bonchev–Trinajstić information content (AvgIpc) is 3.38. The molecule has 0 bridgehead atoms. The highest BCUT2D eigenvalue weighted by atomic mass is 32.1. The second kappa shape index (κ2) is 6.88. The summed E-state index contributed by atoms with van der Waals surface area (Å²) in [6.45, 7) is 4.63. The van der Waals surface area contributed by atoms with Gasteiger partial charge in [-0.1, -0.05) is 0 Å². The predicted molar refractivity (Wildman–Crippen MR) is 104 cm³/mol. The number of aryl methyl sites for hydroxylation is 2. The molecule has 27 heavy (non-hydrogen) atoms. The number of aromatic nitrogens is 3. The van der Waals surface area contributed by atoms with Crippen molar-refractivity contribution in [3.05, 3.63) is 47.1 Å². The van der Waals surface area contributed by atoms with Crippen molar-refractivity contribution in [1.29, 1.82) is 0 Å². The highest BCUT2D eigenvalue weighted by Gasteiger charge is 2.15. The van der Waals surface area contributed by atoms with E-state index in [4.69, 9.17) is 9.15 Å². The summed E-state index contributed by atoms with van der Waals surface area (Å²) in [6, 6.07) is 9.29. The Morgan fingerprint density at radius 2 is 2.19 bits per heavy atom. The number of ether oxygens (including phenoxy) is 1. The van der Waals surface area contributed by atoms with Crippen LogP contribution in [0.25, 0.3) is 22.4 Å². The number of hydrogen-bond acceptors (Lipinski definition) is 6. The van der Waals surface area contributed by atoms with Crippen LogP contribution in [0.3, 0.4) is 0 Å². The Labute approximate surface area is 159 Å². The second-order valence-corrected chi connectivity index (χ2v) is 6.85. The molecule has 0 saturated heterocycles. The minimum Gasteiger partial charge on any atom is -0.497 e. The zero-order chi connectivity index (χ0) is 19.0. The van der Waals surface area contributed by atoms with Crippen LogP contribution < -0.4 is 10.1 Å². The van der Waals surface area contributed by atoms with E-state index in [1.165, 1.54) is 11.3 Å². The van der Waals surface area contributed by atoms with Crippen LogP contribution >= 0.6 is 11.3 Å². The van der Waals surface area contributed by atoms with Gasteiger partial charge in [-0.2, -0.15) is 5.10 Å². The Balaban J connectivity index is 1.55. The Hall–Kier alpha value is -3.13. The number of methoxy groups -OCH3 is 1. The van der Waals surface area contributed by atoms with Gasteiger partial charge in [0.05, 0.1) is 7.11 Å². The molecule has 0 aliphatic heterocycles. The van der Waals surface area contributed by atoms with E-state index in [1.807, 2.05) is 43.5 Å². The number of thiazole rings is 1. The van der Waals surface area contributed by atoms with Gasteiger partial charge in [0.2, 0.25) is 0 Å². The first-order chi connectivity index (χ1) is 13.1. The Morgan fingerprint density at radius 1 is 1.33 bits per heavy atom. The second-order valence-electron chi connectivity index (χ2n) is 5.99. The summed E-state index contributed by atoms with van der Waals surface area (Å²) in [4.78, 5) is 16.9. The van der Waals surface area contributed by atoms with Gasteiger partial charge in [-0.15, -0.1) is 11.3 Å². The van der Waals surface area contributed by atoms with Crippen LogP contribution in [0.1, 0.15) is 23.1 Å². The number of amides is 1. The van der Waals surface area contributed by atoms with E-state index < -0.39 is 0 Å². The van der Waals surface area contributed by atoms with E-state index in [-0.39, 0.29) is 5.91 Å². The molecular weight excluding hydrogens is 364 g/mol. The summed E-state index contributed by atoms with van der Waals surface area (Å²) in [6.07, 6.45) is 0. The molecule has 0 radical (unpaired) electrons. The molecule has 7 nitrogen and oxygen atoms in total. The van der Waals surface area contributed by atoms with Crippen LogP contribution in [0.2, 0.25) is 0 Å². The lowest BCUT2D eigenvalue weighted by atomic mass is 10.2. The smallest absolute Gasteiger partial charge is 0.277 e. The van der Waals surface area contributed by atoms with Crippen molar-refractivity contribution >= 4 is 33.3 Å². The molecule has 4 rings (SSSR count). The van der Waals surface area contributed by atoms with Crippen molar-refractivity contribution in [2.45, 2.75) is 20.4 Å². The van der Waals surface area contributed by atoms with E-state index in [9.17, 15) is 4.79 Å². The van der Waals surface area contributed by atoms with Crippen LogP contribution in [0.15, 0.2) is 40.1 Å². The van der Waals surface area contributed by atoms with E-state index >= 15 is 0 Å². The van der Waals surface area contributed by atoms with Crippen molar-refractivity contribution in [1.82, 2.24) is 14.8 Å². The van der Waals surface area contributed by atoms with E-state index in [1.54, 1.807) is 17.9 Å². The number of anilines is 1. The molecule has 0 fully saturated rings. The highest BCUT2D eigenvalue weighted by Crippen LogP contribution is 2.32. The molecule has 1 amide bonds. The molecule has 4 aromatic rings. The number of carbonyl (C=O) groups excluding carboxylic acids is 1. The zero-order valence-corrected chi connectivity index (χ0v) is 16.0. The van der Waals surface area contributed by atoms with Gasteiger partial charge in [0.15, 0.2) is 16.6 Å². The molecule has 1 aromatic carbocycles. The molecule has 8 heteroatoms. The quantitative estimate of drug-likeness (QED) is 0.555. The number of nitrogens with one attached hydrogen (secondary N) is 1. The number of rotatable bonds is 5. The fourth-order valence-electron chi connectivity index (χ4n) is 2.82. The standard InChI is InChI=1S/C19H18N4O3S/c1-4-23-11(2)7-14(22-23)18(24)21-19-20-15(10-27-19)17-9-12-8-13(25-3)5-6-16(12)26-17/h5-10H,4H2,1-3H3,(H,20,21,24). The minimum absolute atomic E-state index is 0.277. The average molecular weight is 382 g/mol. The van der Waals surface area contributed by atoms with Gasteiger partial charge in [-0.05, 0) is 44.2 Å². The number of fused-ring (bicyclic) bond motifs is 1. The molecule has 3 heterocycles. The summed E-state index contributed by atoms with van der Waals surface area (Å²) in [7, 11) is 1.63. The maximum absolute atomic E-state index is 12.4. The van der Waals surface area contributed by atoms with Crippen molar-refractivity contribution in [3.63, 3.8) is 0 Å². The van der Waals surface area contributed by atoms with Crippen molar-refractivity contribution in [2.24, 2.45) is 0 Å². The fraction of sp³-hybridized carbons (Fsp3) is 0.211. The minimum atomic E-state index is -0.277. The Bertz CT molecular complexity index is 1130. The first kappa shape index (κ1) is 17.3. The number of nitrogens with zero attached hydrogens (tertiary/aromatic N) is 3. The summed E-state index contributed by atoms with van der Waals surface area (Å²) in [5.41, 5.74) is 2.74. The monoisotopic (exact) mass is 382 g/mol. The van der Waals surface area contributed by atoms with Crippen LogP contribution in [0.5, 0.6) is 5.75 Å². The molecule has 0 unspecified atom stereocenters. The lowest BCUT2D eigenvalue weighted by molar-refractivity contribution is 0.102. The van der Waals surface area contributed by atoms with Gasteiger partial charge >= 0.3 is 0 Å². The summed E-state index contributed by atoms with van der Waals surface area (Å²) < 4.78 is 12.9. The maximum Gasteiger partial charge on any atom is 0.277 e. The number of furan rings is 1. The molecule has 0 aliphatic rings. The summed E-state index contributed by atoms with van der Waals surface area (Å²) >= 11 is 1.34. The molecule has 0 spiro atoms. The topological polar surface area (TPSA) is 82.2 Å². The fourth-order valence-corrected chi connectivity index (χ4v) is 3.52.